The van der Waals surface area contributed by atoms with Gasteiger partial charge in [-0.2, -0.15) is 0 Å². The summed E-state index contributed by atoms with van der Waals surface area (Å²) in [6.07, 6.45) is 1.90. The lowest BCUT2D eigenvalue weighted by Crippen LogP contribution is -2.39. The Bertz CT molecular complexity index is 1110. The minimum atomic E-state index is -0.107. The van der Waals surface area contributed by atoms with Gasteiger partial charge in [0.05, 0.1) is 18.7 Å². The number of nitrogens with zero attached hydrogens (tertiary/aromatic N) is 1. The first-order valence-corrected chi connectivity index (χ1v) is 11.2. The highest BCUT2D eigenvalue weighted by molar-refractivity contribution is 5.99. The van der Waals surface area contributed by atoms with Crippen LogP contribution in [0, 0.1) is 6.92 Å². The van der Waals surface area contributed by atoms with Crippen LogP contribution >= 0.6 is 0 Å². The van der Waals surface area contributed by atoms with Crippen LogP contribution in [0.4, 0.5) is 11.4 Å². The van der Waals surface area contributed by atoms with Gasteiger partial charge in [0.2, 0.25) is 5.91 Å². The van der Waals surface area contributed by atoms with Gasteiger partial charge in [-0.25, -0.2) is 0 Å². The third-order valence-electron chi connectivity index (χ3n) is 5.43. The predicted octanol–water partition coefficient (Wildman–Crippen LogP) is 4.76. The molecule has 0 saturated carbocycles. The molecular formula is C27H28N2O4. The molecule has 0 saturated heterocycles. The zero-order valence-corrected chi connectivity index (χ0v) is 18.8. The van der Waals surface area contributed by atoms with E-state index in [1.54, 1.807) is 23.1 Å². The Morgan fingerprint density at radius 3 is 2.70 bits per heavy atom. The fourth-order valence-electron chi connectivity index (χ4n) is 3.78. The third kappa shape index (κ3) is 6.13. The van der Waals surface area contributed by atoms with Crippen LogP contribution < -0.4 is 19.7 Å². The number of nitrogens with one attached hydrogen (secondary N) is 1. The summed E-state index contributed by atoms with van der Waals surface area (Å²) < 4.78 is 11.4. The lowest BCUT2D eigenvalue weighted by atomic mass is 10.1. The average Bonchev–Trinajstić information content (AvgIpc) is 2.81. The molecular weight excluding hydrogens is 416 g/mol. The van der Waals surface area contributed by atoms with Crippen molar-refractivity contribution in [3.8, 4) is 11.5 Å². The van der Waals surface area contributed by atoms with Gasteiger partial charge in [0.15, 0.2) is 6.61 Å². The number of aryl methyl sites for hydroxylation is 1. The number of rotatable bonds is 9. The van der Waals surface area contributed by atoms with Crippen LogP contribution in [0.3, 0.4) is 0 Å². The number of benzene rings is 3. The van der Waals surface area contributed by atoms with E-state index in [0.29, 0.717) is 30.3 Å². The molecule has 0 bridgehead atoms. The SMILES string of the molecule is Cc1cccc(OCCCCN2C(=O)COc3ccc(NC(=O)Cc4ccccc4)cc32)c1. The number of ether oxygens (including phenoxy) is 2. The molecule has 0 aromatic heterocycles. The molecule has 0 radical (unpaired) electrons. The highest BCUT2D eigenvalue weighted by Gasteiger charge is 2.25. The van der Waals surface area contributed by atoms with Crippen molar-refractivity contribution < 1.29 is 19.1 Å². The maximum atomic E-state index is 12.5. The van der Waals surface area contributed by atoms with Gasteiger partial charge in [0, 0.05) is 12.2 Å². The maximum Gasteiger partial charge on any atom is 0.265 e. The van der Waals surface area contributed by atoms with E-state index in [4.69, 9.17) is 9.47 Å². The van der Waals surface area contributed by atoms with E-state index in [9.17, 15) is 9.59 Å². The number of carbonyl (C=O) groups is 2. The van der Waals surface area contributed by atoms with E-state index in [2.05, 4.69) is 5.32 Å². The van der Waals surface area contributed by atoms with Crippen molar-refractivity contribution >= 4 is 23.2 Å². The van der Waals surface area contributed by atoms with Crippen molar-refractivity contribution in [3.05, 3.63) is 83.9 Å². The van der Waals surface area contributed by atoms with Crippen LogP contribution in [-0.2, 0) is 16.0 Å². The summed E-state index contributed by atoms with van der Waals surface area (Å²) in [6, 6.07) is 23.0. The molecule has 0 spiro atoms. The Labute approximate surface area is 194 Å². The zero-order chi connectivity index (χ0) is 23.0. The van der Waals surface area contributed by atoms with Gasteiger partial charge in [-0.05, 0) is 61.2 Å². The zero-order valence-electron chi connectivity index (χ0n) is 18.8. The third-order valence-corrected chi connectivity index (χ3v) is 5.43. The van der Waals surface area contributed by atoms with E-state index in [-0.39, 0.29) is 24.8 Å². The number of hydrogen-bond donors (Lipinski definition) is 1. The number of anilines is 2. The van der Waals surface area contributed by atoms with E-state index in [0.717, 1.165) is 29.7 Å². The van der Waals surface area contributed by atoms with Gasteiger partial charge in [0.1, 0.15) is 11.5 Å². The molecule has 1 N–H and O–H groups in total. The van der Waals surface area contributed by atoms with Crippen molar-refractivity contribution in [1.82, 2.24) is 0 Å². The van der Waals surface area contributed by atoms with Gasteiger partial charge < -0.3 is 19.7 Å². The van der Waals surface area contributed by atoms with Gasteiger partial charge >= 0.3 is 0 Å². The number of carbonyl (C=O) groups excluding carboxylic acids is 2. The lowest BCUT2D eigenvalue weighted by molar-refractivity contribution is -0.121. The highest BCUT2D eigenvalue weighted by atomic mass is 16.5. The Balaban J connectivity index is 1.34. The number of unbranched alkanes of at least 4 members (excludes halogenated alkanes) is 1. The molecule has 170 valence electrons. The molecule has 0 fully saturated rings. The second kappa shape index (κ2) is 10.7. The first kappa shape index (κ1) is 22.4. The normalized spacial score (nSPS) is 12.6. The Morgan fingerprint density at radius 1 is 1.03 bits per heavy atom. The molecule has 1 heterocycles. The summed E-state index contributed by atoms with van der Waals surface area (Å²) in [5.74, 6) is 1.31. The van der Waals surface area contributed by atoms with Crippen molar-refractivity contribution in [2.24, 2.45) is 0 Å². The van der Waals surface area contributed by atoms with Crippen LogP contribution in [0.25, 0.3) is 0 Å². The summed E-state index contributed by atoms with van der Waals surface area (Å²) in [5.41, 5.74) is 3.43. The number of amides is 2. The maximum absolute atomic E-state index is 12.5. The van der Waals surface area contributed by atoms with Crippen molar-refractivity contribution in [1.29, 1.82) is 0 Å². The molecule has 0 unspecified atom stereocenters. The smallest absolute Gasteiger partial charge is 0.265 e. The molecule has 1 aliphatic heterocycles. The second-order valence-electron chi connectivity index (χ2n) is 8.10. The monoisotopic (exact) mass is 444 g/mol. The van der Waals surface area contributed by atoms with Crippen LogP contribution in [0.15, 0.2) is 72.8 Å². The molecule has 6 nitrogen and oxygen atoms in total. The predicted molar refractivity (Wildman–Crippen MR) is 129 cm³/mol. The standard InChI is InChI=1S/C27H28N2O4/c1-20-8-7-11-23(16-20)32-15-6-5-14-29-24-18-22(12-13-25(24)33-19-27(29)31)28-26(30)17-21-9-3-2-4-10-21/h2-4,7-13,16,18H,5-6,14-15,17,19H2,1H3,(H,28,30). The number of fused-ring (bicyclic) bond motifs is 1. The first-order chi connectivity index (χ1) is 16.1. The number of hydrogen-bond acceptors (Lipinski definition) is 4. The molecule has 3 aromatic carbocycles. The molecule has 1 aliphatic rings. The molecule has 33 heavy (non-hydrogen) atoms. The Morgan fingerprint density at radius 2 is 1.88 bits per heavy atom. The van der Waals surface area contributed by atoms with Crippen LogP contribution in [0.2, 0.25) is 0 Å². The van der Waals surface area contributed by atoms with E-state index >= 15 is 0 Å². The summed E-state index contributed by atoms with van der Waals surface area (Å²) in [4.78, 5) is 26.7. The minimum Gasteiger partial charge on any atom is -0.494 e. The van der Waals surface area contributed by atoms with Crippen LogP contribution in [0.1, 0.15) is 24.0 Å². The van der Waals surface area contributed by atoms with Gasteiger partial charge in [-0.15, -0.1) is 0 Å². The second-order valence-corrected chi connectivity index (χ2v) is 8.10. The highest BCUT2D eigenvalue weighted by Crippen LogP contribution is 2.34. The summed E-state index contributed by atoms with van der Waals surface area (Å²) in [6.45, 7) is 3.21. The van der Waals surface area contributed by atoms with Crippen LogP contribution in [0.5, 0.6) is 11.5 Å². The van der Waals surface area contributed by atoms with Gasteiger partial charge in [-0.3, -0.25) is 9.59 Å². The fourth-order valence-corrected chi connectivity index (χ4v) is 3.78. The van der Waals surface area contributed by atoms with Crippen molar-refractivity contribution in [2.45, 2.75) is 26.2 Å². The van der Waals surface area contributed by atoms with Crippen molar-refractivity contribution in [2.75, 3.05) is 30.0 Å². The molecule has 3 aromatic rings. The summed E-state index contributed by atoms with van der Waals surface area (Å²) in [7, 11) is 0. The van der Waals surface area contributed by atoms with E-state index in [1.165, 1.54) is 0 Å². The average molecular weight is 445 g/mol. The topological polar surface area (TPSA) is 67.9 Å². The summed E-state index contributed by atoms with van der Waals surface area (Å²) in [5, 5.41) is 2.92. The first-order valence-electron chi connectivity index (χ1n) is 11.2. The fraction of sp³-hybridized carbons (Fsp3) is 0.259. The van der Waals surface area contributed by atoms with Crippen molar-refractivity contribution in [3.63, 3.8) is 0 Å². The summed E-state index contributed by atoms with van der Waals surface area (Å²) >= 11 is 0. The largest absolute Gasteiger partial charge is 0.494 e. The minimum absolute atomic E-state index is 0.0203. The molecule has 6 heteroatoms. The van der Waals surface area contributed by atoms with Crippen LogP contribution in [-0.4, -0.2) is 31.6 Å². The molecule has 2 amide bonds. The van der Waals surface area contributed by atoms with Gasteiger partial charge in [0.25, 0.3) is 5.91 Å². The van der Waals surface area contributed by atoms with E-state index < -0.39 is 0 Å². The quantitative estimate of drug-likeness (QED) is 0.483. The lowest BCUT2D eigenvalue weighted by Gasteiger charge is -2.30. The van der Waals surface area contributed by atoms with E-state index in [1.807, 2.05) is 61.5 Å². The molecule has 0 aliphatic carbocycles. The Kier molecular flexibility index (Phi) is 7.25. The molecule has 0 atom stereocenters. The van der Waals surface area contributed by atoms with Gasteiger partial charge in [-0.1, -0.05) is 42.5 Å². The Hall–Kier alpha value is -3.80. The molecule has 4 rings (SSSR count).